The van der Waals surface area contributed by atoms with Gasteiger partial charge in [0.05, 0.1) is 7.14 Å². The Balaban J connectivity index is 2.26. The van der Waals surface area contributed by atoms with Gasteiger partial charge < -0.3 is 10.4 Å². The molecule has 0 saturated carbocycles. The molecule has 8 heteroatoms. The van der Waals surface area contributed by atoms with E-state index in [9.17, 15) is 18.3 Å². The lowest BCUT2D eigenvalue weighted by molar-refractivity contribution is -0.138. The number of piperazine rings is 1. The van der Waals surface area contributed by atoms with Crippen molar-refractivity contribution in [1.29, 1.82) is 0 Å². The third kappa shape index (κ3) is 5.10. The Hall–Kier alpha value is 0.190. The summed E-state index contributed by atoms with van der Waals surface area (Å²) in [6.45, 7) is 3.04. The zero-order valence-electron chi connectivity index (χ0n) is 11.8. The number of benzene rings is 1. The van der Waals surface area contributed by atoms with Crippen molar-refractivity contribution in [2.45, 2.75) is 25.1 Å². The summed E-state index contributed by atoms with van der Waals surface area (Å²) in [6.07, 6.45) is -4.90. The Labute approximate surface area is 154 Å². The van der Waals surface area contributed by atoms with Gasteiger partial charge in [-0.2, -0.15) is 13.2 Å². The van der Waals surface area contributed by atoms with Gasteiger partial charge >= 0.3 is 6.18 Å². The highest BCUT2D eigenvalue weighted by Crippen LogP contribution is 2.36. The van der Waals surface area contributed by atoms with Crippen molar-refractivity contribution in [3.8, 4) is 5.75 Å². The fourth-order valence-corrected chi connectivity index (χ4v) is 4.45. The highest BCUT2D eigenvalue weighted by atomic mass is 127. The summed E-state index contributed by atoms with van der Waals surface area (Å²) < 4.78 is 39.3. The lowest BCUT2D eigenvalue weighted by atomic mass is 9.99. The van der Waals surface area contributed by atoms with Crippen LogP contribution >= 0.6 is 45.2 Å². The first-order valence-corrected chi connectivity index (χ1v) is 9.13. The number of hydrogen-bond donors (Lipinski definition) is 2. The average Bonchev–Trinajstić information content (AvgIpc) is 2.45. The van der Waals surface area contributed by atoms with Gasteiger partial charge in [-0.3, -0.25) is 4.90 Å². The van der Waals surface area contributed by atoms with Crippen molar-refractivity contribution in [1.82, 2.24) is 10.2 Å². The number of rotatable bonds is 4. The summed E-state index contributed by atoms with van der Waals surface area (Å²) in [4.78, 5) is 2.10. The second-order valence-corrected chi connectivity index (χ2v) is 7.61. The molecule has 1 aromatic rings. The molecule has 0 radical (unpaired) electrons. The van der Waals surface area contributed by atoms with Crippen LogP contribution in [-0.4, -0.2) is 42.4 Å². The van der Waals surface area contributed by atoms with Gasteiger partial charge in [0.1, 0.15) is 5.75 Å². The fraction of sp³-hybridized carbons (Fsp3) is 0.571. The summed E-state index contributed by atoms with van der Waals surface area (Å²) in [5.74, 6) is 0.194. The quantitative estimate of drug-likeness (QED) is 0.570. The molecular weight excluding hydrogens is 523 g/mol. The van der Waals surface area contributed by atoms with E-state index in [0.29, 0.717) is 7.14 Å². The molecule has 0 amide bonds. The van der Waals surface area contributed by atoms with Crippen LogP contribution in [0.25, 0.3) is 0 Å². The maximum absolute atomic E-state index is 12.6. The number of phenols is 1. The minimum absolute atomic E-state index is 0.0421. The van der Waals surface area contributed by atoms with Gasteiger partial charge in [0.2, 0.25) is 0 Å². The minimum Gasteiger partial charge on any atom is -0.506 e. The highest BCUT2D eigenvalue weighted by molar-refractivity contribution is 14.1. The lowest BCUT2D eigenvalue weighted by Crippen LogP contribution is -2.45. The largest absolute Gasteiger partial charge is 0.506 e. The van der Waals surface area contributed by atoms with Gasteiger partial charge in [-0.15, -0.1) is 0 Å². The molecule has 3 nitrogen and oxygen atoms in total. The van der Waals surface area contributed by atoms with E-state index in [2.05, 4.69) is 10.2 Å². The highest BCUT2D eigenvalue weighted by Gasteiger charge is 2.31. The molecular formula is C14H17F3I2N2O. The number of phenolic OH excluding ortho intramolecular Hbond substituents is 1. The predicted molar refractivity (Wildman–Crippen MR) is 96.0 cm³/mol. The second-order valence-electron chi connectivity index (χ2n) is 5.29. The van der Waals surface area contributed by atoms with Crippen LogP contribution in [0, 0.1) is 7.14 Å². The van der Waals surface area contributed by atoms with E-state index in [4.69, 9.17) is 0 Å². The van der Waals surface area contributed by atoms with E-state index >= 15 is 0 Å². The minimum atomic E-state index is -4.15. The van der Waals surface area contributed by atoms with Crippen molar-refractivity contribution in [3.63, 3.8) is 0 Å². The molecule has 1 atom stereocenters. The number of alkyl halides is 3. The van der Waals surface area contributed by atoms with Gasteiger partial charge in [0, 0.05) is 38.6 Å². The summed E-state index contributed by atoms with van der Waals surface area (Å²) in [7, 11) is 0. The van der Waals surface area contributed by atoms with Crippen molar-refractivity contribution >= 4 is 45.2 Å². The molecule has 0 bridgehead atoms. The van der Waals surface area contributed by atoms with Crippen LogP contribution in [0.3, 0.4) is 0 Å². The first kappa shape index (κ1) is 18.5. The van der Waals surface area contributed by atoms with Crippen molar-refractivity contribution < 1.29 is 18.3 Å². The van der Waals surface area contributed by atoms with E-state index in [1.807, 2.05) is 45.2 Å². The number of nitrogens with one attached hydrogen (secondary N) is 1. The Bertz CT molecular complexity index is 496. The SMILES string of the molecule is Oc1c(I)cc([C@H](CCC(F)(F)F)N2CCNCC2)cc1I. The Kier molecular flexibility index (Phi) is 6.60. The van der Waals surface area contributed by atoms with Crippen LogP contribution in [-0.2, 0) is 0 Å². The molecule has 1 saturated heterocycles. The van der Waals surface area contributed by atoms with Gasteiger partial charge in [0.15, 0.2) is 0 Å². The first-order valence-electron chi connectivity index (χ1n) is 6.97. The van der Waals surface area contributed by atoms with Gasteiger partial charge in [-0.05, 0) is 69.3 Å². The molecule has 0 unspecified atom stereocenters. The van der Waals surface area contributed by atoms with Crippen molar-refractivity contribution in [2.75, 3.05) is 26.2 Å². The molecule has 1 aliphatic heterocycles. The van der Waals surface area contributed by atoms with Gasteiger partial charge in [0.25, 0.3) is 0 Å². The molecule has 1 aliphatic rings. The maximum atomic E-state index is 12.6. The summed E-state index contributed by atoms with van der Waals surface area (Å²) >= 11 is 4.03. The standard InChI is InChI=1S/C14H17F3I2N2O/c15-14(16,17)2-1-12(21-5-3-20-4-6-21)9-7-10(18)13(22)11(19)8-9/h7-8,12,20,22H,1-6H2/t12-/m0/s1. The van der Waals surface area contributed by atoms with Crippen LogP contribution < -0.4 is 5.32 Å². The Morgan fingerprint density at radius 2 is 1.73 bits per heavy atom. The van der Waals surface area contributed by atoms with E-state index in [0.717, 1.165) is 31.7 Å². The third-order valence-corrected chi connectivity index (χ3v) is 5.36. The smallest absolute Gasteiger partial charge is 0.389 e. The van der Waals surface area contributed by atoms with Crippen molar-refractivity contribution in [2.24, 2.45) is 0 Å². The molecule has 22 heavy (non-hydrogen) atoms. The van der Waals surface area contributed by atoms with E-state index < -0.39 is 12.6 Å². The normalized spacial score (nSPS) is 18.4. The molecule has 2 N–H and O–H groups in total. The predicted octanol–water partition coefficient (Wildman–Crippen LogP) is 3.89. The Morgan fingerprint density at radius 1 is 1.18 bits per heavy atom. The summed E-state index contributed by atoms with van der Waals surface area (Å²) in [5, 5.41) is 13.1. The molecule has 2 rings (SSSR count). The number of aromatic hydroxyl groups is 1. The first-order chi connectivity index (χ1) is 10.3. The number of halogens is 5. The number of nitrogens with zero attached hydrogens (tertiary/aromatic N) is 1. The molecule has 1 aromatic carbocycles. The second kappa shape index (κ2) is 7.84. The zero-order chi connectivity index (χ0) is 16.3. The van der Waals surface area contributed by atoms with E-state index in [-0.39, 0.29) is 18.2 Å². The Morgan fingerprint density at radius 3 is 2.23 bits per heavy atom. The fourth-order valence-electron chi connectivity index (χ4n) is 2.63. The van der Waals surface area contributed by atoms with Crippen LogP contribution in [0.15, 0.2) is 12.1 Å². The van der Waals surface area contributed by atoms with Crippen LogP contribution in [0.5, 0.6) is 5.75 Å². The van der Waals surface area contributed by atoms with E-state index in [1.54, 1.807) is 12.1 Å². The van der Waals surface area contributed by atoms with Gasteiger partial charge in [-0.25, -0.2) is 0 Å². The average molecular weight is 540 g/mol. The molecule has 1 heterocycles. The van der Waals surface area contributed by atoms with Crippen molar-refractivity contribution in [3.05, 3.63) is 24.8 Å². The topological polar surface area (TPSA) is 35.5 Å². The molecule has 0 aliphatic carbocycles. The summed E-state index contributed by atoms with van der Waals surface area (Å²) in [5.41, 5.74) is 0.845. The summed E-state index contributed by atoms with van der Waals surface area (Å²) in [6, 6.07) is 3.31. The monoisotopic (exact) mass is 540 g/mol. The molecule has 0 spiro atoms. The van der Waals surface area contributed by atoms with Crippen LogP contribution in [0.1, 0.15) is 24.4 Å². The van der Waals surface area contributed by atoms with Crippen LogP contribution in [0.4, 0.5) is 13.2 Å². The van der Waals surface area contributed by atoms with E-state index in [1.165, 1.54) is 0 Å². The molecule has 124 valence electrons. The zero-order valence-corrected chi connectivity index (χ0v) is 16.1. The maximum Gasteiger partial charge on any atom is 0.389 e. The van der Waals surface area contributed by atoms with Crippen LogP contribution in [0.2, 0.25) is 0 Å². The third-order valence-electron chi connectivity index (χ3n) is 3.72. The molecule has 0 aromatic heterocycles. The molecule has 1 fully saturated rings. The van der Waals surface area contributed by atoms with Gasteiger partial charge in [-0.1, -0.05) is 0 Å². The lowest BCUT2D eigenvalue weighted by Gasteiger charge is -2.35. The number of hydrogen-bond acceptors (Lipinski definition) is 3.